The SMILES string of the molecule is Cc1ccc(S(=O)(=O)N2CCCCC2)cc1NC(=O)c1ccccc1C(=O)c1ccccc1. The zero-order valence-corrected chi connectivity index (χ0v) is 19.3. The fourth-order valence-corrected chi connectivity index (χ4v) is 5.51. The molecule has 0 saturated carbocycles. The molecular weight excluding hydrogens is 436 g/mol. The standard InChI is InChI=1S/C26H26N2O4S/c1-19-14-15-21(33(31,32)28-16-8-3-9-17-28)18-24(19)27-26(30)23-13-7-6-12-22(23)25(29)20-10-4-2-5-11-20/h2,4-7,10-15,18H,3,8-9,16-17H2,1H3,(H,27,30). The van der Waals surface area contributed by atoms with Crippen molar-refractivity contribution in [3.8, 4) is 0 Å². The lowest BCUT2D eigenvalue weighted by molar-refractivity contribution is 0.0996. The number of benzene rings is 3. The summed E-state index contributed by atoms with van der Waals surface area (Å²) in [5.41, 5.74) is 2.14. The van der Waals surface area contributed by atoms with Gasteiger partial charge in [0, 0.05) is 29.9 Å². The van der Waals surface area contributed by atoms with Gasteiger partial charge in [-0.2, -0.15) is 4.31 Å². The van der Waals surface area contributed by atoms with Gasteiger partial charge in [-0.15, -0.1) is 0 Å². The summed E-state index contributed by atoms with van der Waals surface area (Å²) in [7, 11) is -3.63. The lowest BCUT2D eigenvalue weighted by Crippen LogP contribution is -2.35. The number of amides is 1. The van der Waals surface area contributed by atoms with Gasteiger partial charge in [-0.3, -0.25) is 9.59 Å². The van der Waals surface area contributed by atoms with Gasteiger partial charge in [0.1, 0.15) is 0 Å². The van der Waals surface area contributed by atoms with Gasteiger partial charge in [0.2, 0.25) is 10.0 Å². The Balaban J connectivity index is 1.62. The molecule has 1 aliphatic heterocycles. The van der Waals surface area contributed by atoms with Gasteiger partial charge in [0.25, 0.3) is 5.91 Å². The van der Waals surface area contributed by atoms with Crippen molar-refractivity contribution in [1.82, 2.24) is 4.31 Å². The number of aryl methyl sites for hydroxylation is 1. The van der Waals surface area contributed by atoms with E-state index in [0.717, 1.165) is 24.8 Å². The van der Waals surface area contributed by atoms with Crippen molar-refractivity contribution in [1.29, 1.82) is 0 Å². The van der Waals surface area contributed by atoms with Crippen molar-refractivity contribution >= 4 is 27.4 Å². The van der Waals surface area contributed by atoms with Crippen LogP contribution in [-0.4, -0.2) is 37.5 Å². The molecule has 7 heteroatoms. The number of carbonyl (C=O) groups is 2. The minimum Gasteiger partial charge on any atom is -0.322 e. The second-order valence-corrected chi connectivity index (χ2v) is 10.1. The van der Waals surface area contributed by atoms with Crippen molar-refractivity contribution < 1.29 is 18.0 Å². The Bertz CT molecular complexity index is 1280. The van der Waals surface area contributed by atoms with Crippen LogP contribution in [0.1, 0.15) is 51.1 Å². The van der Waals surface area contributed by atoms with Crippen molar-refractivity contribution in [2.75, 3.05) is 18.4 Å². The van der Waals surface area contributed by atoms with Crippen molar-refractivity contribution in [2.24, 2.45) is 0 Å². The van der Waals surface area contributed by atoms with E-state index in [-0.39, 0.29) is 21.8 Å². The van der Waals surface area contributed by atoms with Crippen LogP contribution in [0.4, 0.5) is 5.69 Å². The molecule has 0 spiro atoms. The van der Waals surface area contributed by atoms with Gasteiger partial charge < -0.3 is 5.32 Å². The van der Waals surface area contributed by atoms with Gasteiger partial charge >= 0.3 is 0 Å². The predicted molar refractivity (Wildman–Crippen MR) is 128 cm³/mol. The molecule has 0 atom stereocenters. The molecule has 170 valence electrons. The number of nitrogens with zero attached hydrogens (tertiary/aromatic N) is 1. The van der Waals surface area contributed by atoms with Crippen LogP contribution in [0, 0.1) is 6.92 Å². The van der Waals surface area contributed by atoms with Gasteiger partial charge in [-0.25, -0.2) is 8.42 Å². The number of hydrogen-bond acceptors (Lipinski definition) is 4. The first-order valence-electron chi connectivity index (χ1n) is 11.0. The number of carbonyl (C=O) groups excluding carboxylic acids is 2. The molecule has 33 heavy (non-hydrogen) atoms. The minimum absolute atomic E-state index is 0.152. The summed E-state index contributed by atoms with van der Waals surface area (Å²) in [4.78, 5) is 26.3. The van der Waals surface area contributed by atoms with E-state index in [1.807, 2.05) is 6.07 Å². The summed E-state index contributed by atoms with van der Waals surface area (Å²) in [5, 5.41) is 2.81. The molecule has 1 N–H and O–H groups in total. The largest absolute Gasteiger partial charge is 0.322 e. The fourth-order valence-electron chi connectivity index (χ4n) is 3.96. The number of ketones is 1. The number of nitrogens with one attached hydrogen (secondary N) is 1. The molecule has 1 aliphatic rings. The number of anilines is 1. The molecular formula is C26H26N2O4S. The summed E-state index contributed by atoms with van der Waals surface area (Å²) in [6.45, 7) is 2.81. The molecule has 1 heterocycles. The van der Waals surface area contributed by atoms with Gasteiger partial charge in [-0.1, -0.05) is 61.0 Å². The third kappa shape index (κ3) is 4.89. The van der Waals surface area contributed by atoms with Gasteiger partial charge in [0.15, 0.2) is 5.78 Å². The zero-order valence-electron chi connectivity index (χ0n) is 18.5. The molecule has 0 aliphatic carbocycles. The topological polar surface area (TPSA) is 83.6 Å². The maximum absolute atomic E-state index is 13.2. The normalized spacial score (nSPS) is 14.6. The fraction of sp³-hybridized carbons (Fsp3) is 0.231. The molecule has 0 radical (unpaired) electrons. The van der Waals surface area contributed by atoms with E-state index in [1.165, 1.54) is 10.4 Å². The summed E-state index contributed by atoms with van der Waals surface area (Å²) in [6, 6.07) is 20.2. The second kappa shape index (κ2) is 9.68. The molecule has 3 aromatic carbocycles. The lowest BCUT2D eigenvalue weighted by atomic mass is 9.98. The lowest BCUT2D eigenvalue weighted by Gasteiger charge is -2.26. The van der Waals surface area contributed by atoms with E-state index in [9.17, 15) is 18.0 Å². The first-order chi connectivity index (χ1) is 15.9. The Morgan fingerprint density at radius 1 is 0.818 bits per heavy atom. The summed E-state index contributed by atoms with van der Waals surface area (Å²) < 4.78 is 27.7. The van der Waals surface area contributed by atoms with Gasteiger partial charge in [0.05, 0.1) is 10.5 Å². The first kappa shape index (κ1) is 22.9. The van der Waals surface area contributed by atoms with Crippen molar-refractivity contribution in [3.05, 3.63) is 95.1 Å². The Kier molecular flexibility index (Phi) is 6.72. The Morgan fingerprint density at radius 2 is 1.45 bits per heavy atom. The van der Waals surface area contributed by atoms with E-state index in [2.05, 4.69) is 5.32 Å². The molecule has 3 aromatic rings. The quantitative estimate of drug-likeness (QED) is 0.541. The molecule has 1 saturated heterocycles. The number of piperidine rings is 1. The average molecular weight is 463 g/mol. The monoisotopic (exact) mass is 462 g/mol. The number of sulfonamides is 1. The molecule has 1 amide bonds. The van der Waals surface area contributed by atoms with E-state index < -0.39 is 15.9 Å². The Hall–Kier alpha value is -3.29. The minimum atomic E-state index is -3.63. The van der Waals surface area contributed by atoms with E-state index >= 15 is 0 Å². The van der Waals surface area contributed by atoms with Crippen molar-refractivity contribution in [2.45, 2.75) is 31.1 Å². The highest BCUT2D eigenvalue weighted by atomic mass is 32.2. The summed E-state index contributed by atoms with van der Waals surface area (Å²) in [6.07, 6.45) is 2.73. The zero-order chi connectivity index (χ0) is 23.4. The van der Waals surface area contributed by atoms with Crippen LogP contribution in [0.25, 0.3) is 0 Å². The molecule has 0 aromatic heterocycles. The van der Waals surface area contributed by atoms with Crippen LogP contribution in [0.5, 0.6) is 0 Å². The second-order valence-electron chi connectivity index (χ2n) is 8.14. The smallest absolute Gasteiger partial charge is 0.256 e. The van der Waals surface area contributed by atoms with Crippen LogP contribution < -0.4 is 5.32 Å². The van der Waals surface area contributed by atoms with Gasteiger partial charge in [-0.05, 0) is 43.5 Å². The average Bonchev–Trinajstić information content (AvgIpc) is 2.86. The maximum Gasteiger partial charge on any atom is 0.256 e. The first-order valence-corrected chi connectivity index (χ1v) is 12.4. The Labute approximate surface area is 194 Å². The molecule has 0 bridgehead atoms. The van der Waals surface area contributed by atoms with Crippen molar-refractivity contribution in [3.63, 3.8) is 0 Å². The van der Waals surface area contributed by atoms with Crippen LogP contribution in [0.2, 0.25) is 0 Å². The summed E-state index contributed by atoms with van der Waals surface area (Å²) in [5.74, 6) is -0.718. The third-order valence-electron chi connectivity index (χ3n) is 5.86. The van der Waals surface area contributed by atoms with Crippen LogP contribution in [0.3, 0.4) is 0 Å². The van der Waals surface area contributed by atoms with E-state index in [4.69, 9.17) is 0 Å². The highest BCUT2D eigenvalue weighted by Crippen LogP contribution is 2.26. The number of hydrogen-bond donors (Lipinski definition) is 1. The van der Waals surface area contributed by atoms with Crippen LogP contribution in [-0.2, 0) is 10.0 Å². The van der Waals surface area contributed by atoms with Crippen LogP contribution >= 0.6 is 0 Å². The molecule has 6 nitrogen and oxygen atoms in total. The molecule has 0 unspecified atom stereocenters. The highest BCUT2D eigenvalue weighted by Gasteiger charge is 2.27. The highest BCUT2D eigenvalue weighted by molar-refractivity contribution is 7.89. The third-order valence-corrected chi connectivity index (χ3v) is 7.76. The van der Waals surface area contributed by atoms with E-state index in [0.29, 0.717) is 24.3 Å². The molecule has 4 rings (SSSR count). The van der Waals surface area contributed by atoms with Crippen LogP contribution in [0.15, 0.2) is 77.7 Å². The summed E-state index contributed by atoms with van der Waals surface area (Å²) >= 11 is 0. The number of rotatable bonds is 6. The van der Waals surface area contributed by atoms with E-state index in [1.54, 1.807) is 67.6 Å². The Morgan fingerprint density at radius 3 is 2.15 bits per heavy atom. The molecule has 1 fully saturated rings. The predicted octanol–water partition coefficient (Wildman–Crippen LogP) is 4.65. The maximum atomic E-state index is 13.2.